The zero-order valence-corrected chi connectivity index (χ0v) is 18.7. The minimum atomic E-state index is -3.89. The van der Waals surface area contributed by atoms with Gasteiger partial charge in [0.05, 0.1) is 12.0 Å². The summed E-state index contributed by atoms with van der Waals surface area (Å²) in [5, 5.41) is 5.40. The summed E-state index contributed by atoms with van der Waals surface area (Å²) >= 11 is 0. The van der Waals surface area contributed by atoms with E-state index >= 15 is 0 Å². The van der Waals surface area contributed by atoms with Crippen LogP contribution in [0.15, 0.2) is 59.5 Å². The smallest absolute Gasteiger partial charge is 0.251 e. The van der Waals surface area contributed by atoms with Crippen LogP contribution < -0.4 is 20.1 Å². The molecule has 2 amide bonds. The van der Waals surface area contributed by atoms with Crippen molar-refractivity contribution < 1.29 is 22.7 Å². The van der Waals surface area contributed by atoms with E-state index in [1.54, 1.807) is 36.4 Å². The van der Waals surface area contributed by atoms with E-state index < -0.39 is 22.0 Å². The highest BCUT2D eigenvalue weighted by molar-refractivity contribution is 7.89. The van der Waals surface area contributed by atoms with Crippen molar-refractivity contribution in [1.82, 2.24) is 15.4 Å². The lowest BCUT2D eigenvalue weighted by atomic mass is 10.0. The molecule has 2 aromatic rings. The number of nitrogens with one attached hydrogen (secondary N) is 3. The van der Waals surface area contributed by atoms with Crippen molar-refractivity contribution in [1.29, 1.82) is 0 Å². The van der Waals surface area contributed by atoms with Crippen molar-refractivity contribution in [3.63, 3.8) is 0 Å². The second-order valence-electron chi connectivity index (χ2n) is 7.39. The lowest BCUT2D eigenvalue weighted by molar-refractivity contribution is -0.123. The molecule has 9 heteroatoms. The van der Waals surface area contributed by atoms with Crippen molar-refractivity contribution in [3.8, 4) is 5.75 Å². The molecule has 2 aromatic carbocycles. The van der Waals surface area contributed by atoms with E-state index in [-0.39, 0.29) is 29.8 Å². The average Bonchev–Trinajstić information content (AvgIpc) is 2.76. The highest BCUT2D eigenvalue weighted by atomic mass is 32.2. The largest absolute Gasteiger partial charge is 0.497 e. The minimum Gasteiger partial charge on any atom is -0.497 e. The number of hydrogen-bond acceptors (Lipinski definition) is 5. The molecule has 0 aliphatic carbocycles. The Morgan fingerprint density at radius 2 is 1.55 bits per heavy atom. The van der Waals surface area contributed by atoms with Crippen LogP contribution in [0.2, 0.25) is 0 Å². The molecule has 0 spiro atoms. The van der Waals surface area contributed by atoms with Crippen molar-refractivity contribution in [3.05, 3.63) is 60.2 Å². The van der Waals surface area contributed by atoms with Crippen LogP contribution in [-0.4, -0.2) is 46.5 Å². The Kier molecular flexibility index (Phi) is 9.02. The molecule has 0 aliphatic rings. The first kappa shape index (κ1) is 24.4. The predicted molar refractivity (Wildman–Crippen MR) is 118 cm³/mol. The van der Waals surface area contributed by atoms with E-state index in [0.717, 1.165) is 0 Å². The molecule has 0 fully saturated rings. The summed E-state index contributed by atoms with van der Waals surface area (Å²) in [7, 11) is -2.40. The number of carbonyl (C=O) groups excluding carboxylic acids is 2. The summed E-state index contributed by atoms with van der Waals surface area (Å²) in [6.45, 7) is 4.21. The predicted octanol–water partition coefficient (Wildman–Crippen LogP) is 1.93. The molecule has 31 heavy (non-hydrogen) atoms. The summed E-state index contributed by atoms with van der Waals surface area (Å²) in [5.74, 6) is -0.0615. The number of ether oxygens (including phenoxy) is 1. The van der Waals surface area contributed by atoms with Crippen LogP contribution in [0.3, 0.4) is 0 Å². The quantitative estimate of drug-likeness (QED) is 0.456. The van der Waals surface area contributed by atoms with Gasteiger partial charge in [-0.1, -0.05) is 32.0 Å². The Morgan fingerprint density at radius 3 is 2.13 bits per heavy atom. The highest BCUT2D eigenvalue weighted by Crippen LogP contribution is 2.17. The maximum absolute atomic E-state index is 12.7. The first-order chi connectivity index (χ1) is 14.7. The van der Waals surface area contributed by atoms with Gasteiger partial charge in [0.1, 0.15) is 11.8 Å². The topological polar surface area (TPSA) is 114 Å². The zero-order chi connectivity index (χ0) is 22.9. The Bertz CT molecular complexity index is 960. The van der Waals surface area contributed by atoms with Gasteiger partial charge >= 0.3 is 0 Å². The van der Waals surface area contributed by atoms with Gasteiger partial charge in [0.25, 0.3) is 5.91 Å². The van der Waals surface area contributed by atoms with Gasteiger partial charge in [0.15, 0.2) is 0 Å². The molecular weight excluding hydrogens is 418 g/mol. The van der Waals surface area contributed by atoms with Crippen molar-refractivity contribution in [2.24, 2.45) is 5.92 Å². The highest BCUT2D eigenvalue weighted by Gasteiger charge is 2.26. The lowest BCUT2D eigenvalue weighted by Gasteiger charge is -2.20. The van der Waals surface area contributed by atoms with Crippen LogP contribution in [0.5, 0.6) is 5.75 Å². The lowest BCUT2D eigenvalue weighted by Crippen LogP contribution is -2.48. The Morgan fingerprint density at radius 1 is 0.935 bits per heavy atom. The number of amides is 2. The van der Waals surface area contributed by atoms with E-state index in [0.29, 0.717) is 17.7 Å². The third-order valence-corrected chi connectivity index (χ3v) is 5.92. The standard InChI is InChI=1S/C22H29N3O5S/c1-16(2)15-20(25-31(28,29)19-11-9-18(30-3)10-12-19)22(27)24-14-13-23-21(26)17-7-5-4-6-8-17/h4-12,16,20,25H,13-15H2,1-3H3,(H,23,26)(H,24,27)/t20-/m0/s1. The van der Waals surface area contributed by atoms with Crippen molar-refractivity contribution in [2.45, 2.75) is 31.2 Å². The molecule has 0 unspecified atom stereocenters. The van der Waals surface area contributed by atoms with Gasteiger partial charge < -0.3 is 15.4 Å². The van der Waals surface area contributed by atoms with Crippen LogP contribution in [0.4, 0.5) is 0 Å². The molecule has 0 saturated carbocycles. The van der Waals surface area contributed by atoms with Crippen LogP contribution in [0.1, 0.15) is 30.6 Å². The maximum atomic E-state index is 12.7. The first-order valence-electron chi connectivity index (χ1n) is 10.00. The van der Waals surface area contributed by atoms with E-state index in [9.17, 15) is 18.0 Å². The third kappa shape index (κ3) is 7.69. The number of sulfonamides is 1. The Labute approximate surface area is 183 Å². The molecule has 0 aromatic heterocycles. The molecule has 2 rings (SSSR count). The molecule has 1 atom stereocenters. The van der Waals surface area contributed by atoms with Crippen molar-refractivity contribution >= 4 is 21.8 Å². The molecule has 3 N–H and O–H groups in total. The van der Waals surface area contributed by atoms with E-state index in [2.05, 4.69) is 15.4 Å². The van der Waals surface area contributed by atoms with Gasteiger partial charge in [-0.2, -0.15) is 4.72 Å². The molecular formula is C22H29N3O5S. The maximum Gasteiger partial charge on any atom is 0.251 e. The summed E-state index contributed by atoms with van der Waals surface area (Å²) in [5.41, 5.74) is 0.527. The Balaban J connectivity index is 1.94. The SMILES string of the molecule is COc1ccc(S(=O)(=O)N[C@@H](CC(C)C)C(=O)NCCNC(=O)c2ccccc2)cc1. The normalized spacial score (nSPS) is 12.3. The number of carbonyl (C=O) groups is 2. The van der Waals surface area contributed by atoms with Gasteiger partial charge in [0, 0.05) is 18.7 Å². The second-order valence-corrected chi connectivity index (χ2v) is 9.11. The fraction of sp³-hybridized carbons (Fsp3) is 0.364. The summed E-state index contributed by atoms with van der Waals surface area (Å²) in [6, 6.07) is 13.7. The van der Waals surface area contributed by atoms with E-state index in [1.807, 2.05) is 19.9 Å². The number of hydrogen-bond donors (Lipinski definition) is 3. The number of rotatable bonds is 11. The minimum absolute atomic E-state index is 0.0463. The van der Waals surface area contributed by atoms with Gasteiger partial charge in [-0.3, -0.25) is 9.59 Å². The fourth-order valence-electron chi connectivity index (χ4n) is 2.87. The molecule has 0 radical (unpaired) electrons. The molecule has 168 valence electrons. The molecule has 0 saturated heterocycles. The molecule has 0 bridgehead atoms. The molecule has 0 heterocycles. The average molecular weight is 448 g/mol. The van der Waals surface area contributed by atoms with Crippen LogP contribution in [-0.2, 0) is 14.8 Å². The van der Waals surface area contributed by atoms with Crippen LogP contribution in [0.25, 0.3) is 0 Å². The zero-order valence-electron chi connectivity index (χ0n) is 17.9. The fourth-order valence-corrected chi connectivity index (χ4v) is 4.08. The van der Waals surface area contributed by atoms with Crippen molar-refractivity contribution in [2.75, 3.05) is 20.2 Å². The van der Waals surface area contributed by atoms with Gasteiger partial charge in [-0.15, -0.1) is 0 Å². The van der Waals surface area contributed by atoms with E-state index in [1.165, 1.54) is 19.2 Å². The van der Waals surface area contributed by atoms with Gasteiger partial charge in [-0.05, 0) is 48.7 Å². The number of methoxy groups -OCH3 is 1. The summed E-state index contributed by atoms with van der Waals surface area (Å²) in [4.78, 5) is 24.7. The van der Waals surface area contributed by atoms with E-state index in [4.69, 9.17) is 4.74 Å². The second kappa shape index (κ2) is 11.5. The monoisotopic (exact) mass is 447 g/mol. The van der Waals surface area contributed by atoms with Crippen LogP contribution in [0, 0.1) is 5.92 Å². The first-order valence-corrected chi connectivity index (χ1v) is 11.5. The Hall–Kier alpha value is -2.91. The van der Waals surface area contributed by atoms with Gasteiger partial charge in [-0.25, -0.2) is 8.42 Å². The summed E-state index contributed by atoms with van der Waals surface area (Å²) < 4.78 is 33.0. The molecule has 8 nitrogen and oxygen atoms in total. The third-order valence-electron chi connectivity index (χ3n) is 4.44. The summed E-state index contributed by atoms with van der Waals surface area (Å²) in [6.07, 6.45) is 0.331. The van der Waals surface area contributed by atoms with Gasteiger partial charge in [0.2, 0.25) is 15.9 Å². The molecule has 0 aliphatic heterocycles. The van der Waals surface area contributed by atoms with Crippen LogP contribution >= 0.6 is 0 Å². The number of benzene rings is 2.